The lowest BCUT2D eigenvalue weighted by atomic mass is 10.2. The second kappa shape index (κ2) is 20.3. The molecule has 0 bridgehead atoms. The number of sulfonamides is 1. The smallest absolute Gasteiger partial charge is 0.404 e. The molecule has 0 aromatic heterocycles. The molecule has 2 aromatic carbocycles. The van der Waals surface area contributed by atoms with Crippen LogP contribution in [0.2, 0.25) is 0 Å². The number of nitrogens with one attached hydrogen (secondary N) is 2. The average Bonchev–Trinajstić information content (AvgIpc) is 3.67. The van der Waals surface area contributed by atoms with Gasteiger partial charge in [-0.15, -0.1) is 0 Å². The van der Waals surface area contributed by atoms with Crippen LogP contribution in [0.25, 0.3) is 0 Å². The van der Waals surface area contributed by atoms with Crippen molar-refractivity contribution in [2.45, 2.75) is 56.9 Å². The molecule has 0 radical (unpaired) electrons. The average molecular weight is 611 g/mol. The number of hydrogen-bond acceptors (Lipinski definition) is 8. The van der Waals surface area contributed by atoms with Crippen LogP contribution in [0.5, 0.6) is 0 Å². The molecule has 0 spiro atoms. The Hall–Kier alpha value is -3.59. The van der Waals surface area contributed by atoms with Crippen LogP contribution in [-0.4, -0.2) is 85.4 Å². The van der Waals surface area contributed by atoms with Gasteiger partial charge in [-0.25, -0.2) is 13.2 Å². The number of carboxylic acid groups (broad SMARTS) is 1. The SMILES string of the molecule is C1CCOC1.CCO.Cc1ccccc1.O=C(O)NCCCN(C[C@H]1CCC(=O)N1)S(=O)(=O)c1ccc([N+](=O)[O-])cc1. The van der Waals surface area contributed by atoms with Gasteiger partial charge >= 0.3 is 6.09 Å². The Morgan fingerprint density at radius 3 is 2.14 bits per heavy atom. The molecule has 0 saturated carbocycles. The number of nitrogens with zero attached hydrogens (tertiary/aromatic N) is 2. The summed E-state index contributed by atoms with van der Waals surface area (Å²) in [5.41, 5.74) is 1.09. The fraction of sp³-hybridized carbons (Fsp3) is 0.500. The number of carbonyl (C=O) groups is 2. The number of hydrogen-bond donors (Lipinski definition) is 4. The number of nitro groups is 1. The Kier molecular flexibility index (Phi) is 17.6. The van der Waals surface area contributed by atoms with Crippen molar-refractivity contribution in [1.29, 1.82) is 0 Å². The molecule has 2 aliphatic heterocycles. The number of rotatable bonds is 9. The molecule has 234 valence electrons. The summed E-state index contributed by atoms with van der Waals surface area (Å²) in [6.07, 6.45) is 2.40. The fourth-order valence-corrected chi connectivity index (χ4v) is 5.28. The Morgan fingerprint density at radius 2 is 1.74 bits per heavy atom. The van der Waals surface area contributed by atoms with Crippen molar-refractivity contribution in [2.24, 2.45) is 0 Å². The molecule has 4 N–H and O–H groups in total. The number of carbonyl (C=O) groups excluding carboxylic acids is 1. The van der Waals surface area contributed by atoms with Gasteiger partial charge in [0.05, 0.1) is 9.82 Å². The van der Waals surface area contributed by atoms with Crippen LogP contribution in [-0.2, 0) is 19.6 Å². The minimum Gasteiger partial charge on any atom is -0.465 e. The third kappa shape index (κ3) is 14.9. The van der Waals surface area contributed by atoms with Gasteiger partial charge in [0.25, 0.3) is 5.69 Å². The summed E-state index contributed by atoms with van der Waals surface area (Å²) in [5, 5.41) is 31.8. The van der Waals surface area contributed by atoms with Crippen molar-refractivity contribution >= 4 is 27.7 Å². The number of aryl methyl sites for hydroxylation is 1. The second-order valence-corrected chi connectivity index (χ2v) is 11.2. The Labute approximate surface area is 247 Å². The van der Waals surface area contributed by atoms with Crippen molar-refractivity contribution in [2.75, 3.05) is 39.5 Å². The maximum atomic E-state index is 12.9. The number of ether oxygens (including phenoxy) is 1. The lowest BCUT2D eigenvalue weighted by Gasteiger charge is -2.25. The van der Waals surface area contributed by atoms with E-state index in [0.29, 0.717) is 12.8 Å². The first-order valence-electron chi connectivity index (χ1n) is 13.7. The maximum Gasteiger partial charge on any atom is 0.404 e. The van der Waals surface area contributed by atoms with E-state index in [-0.39, 0.29) is 55.2 Å². The van der Waals surface area contributed by atoms with Gasteiger partial charge in [-0.1, -0.05) is 35.9 Å². The van der Waals surface area contributed by atoms with Gasteiger partial charge in [-0.2, -0.15) is 4.31 Å². The first kappa shape index (κ1) is 36.4. The van der Waals surface area contributed by atoms with Gasteiger partial charge in [0, 0.05) is 64.1 Å². The number of non-ortho nitro benzene ring substituents is 1. The number of amides is 2. The van der Waals surface area contributed by atoms with Crippen molar-refractivity contribution in [3.05, 3.63) is 70.3 Å². The fourth-order valence-electron chi connectivity index (χ4n) is 3.75. The molecule has 13 nitrogen and oxygen atoms in total. The third-order valence-electron chi connectivity index (χ3n) is 5.82. The van der Waals surface area contributed by atoms with Crippen LogP contribution in [0.4, 0.5) is 10.5 Å². The molecule has 2 fully saturated rings. The van der Waals surface area contributed by atoms with E-state index in [1.807, 2.05) is 18.2 Å². The van der Waals surface area contributed by atoms with Crippen LogP contribution < -0.4 is 10.6 Å². The standard InChI is InChI=1S/C15H20N4O7S.C7H8.C4H8O.C2H6O/c20-14-7-2-11(17-14)10-18(9-1-8-16-15(21)22)27(25,26)13-5-3-12(4-6-13)19(23)24;1-7-5-3-2-4-6-7;1-2-4-5-3-1;1-2-3/h3-6,11,16H,1-2,7-10H2,(H,17,20)(H,21,22);2-6H,1H3;1-4H2;3H,2H2,1H3/t11-;;;/m1.../s1. The predicted molar refractivity (Wildman–Crippen MR) is 158 cm³/mol. The van der Waals surface area contributed by atoms with E-state index in [9.17, 15) is 28.1 Å². The van der Waals surface area contributed by atoms with E-state index in [0.717, 1.165) is 41.8 Å². The number of nitro benzene ring substituents is 1. The molecule has 2 aromatic rings. The lowest BCUT2D eigenvalue weighted by molar-refractivity contribution is -0.384. The molecular weight excluding hydrogens is 568 g/mol. The van der Waals surface area contributed by atoms with E-state index in [4.69, 9.17) is 14.9 Å². The van der Waals surface area contributed by atoms with Crippen LogP contribution in [0.15, 0.2) is 59.5 Å². The van der Waals surface area contributed by atoms with Crippen molar-refractivity contribution in [3.8, 4) is 0 Å². The van der Waals surface area contributed by atoms with Crippen LogP contribution in [0, 0.1) is 17.0 Å². The van der Waals surface area contributed by atoms with Gasteiger partial charge in [0.1, 0.15) is 0 Å². The zero-order valence-electron chi connectivity index (χ0n) is 24.1. The molecule has 2 heterocycles. The zero-order chi connectivity index (χ0) is 31.4. The maximum absolute atomic E-state index is 12.9. The molecule has 42 heavy (non-hydrogen) atoms. The topological polar surface area (TPSA) is 188 Å². The zero-order valence-corrected chi connectivity index (χ0v) is 24.9. The van der Waals surface area contributed by atoms with Crippen molar-refractivity contribution in [1.82, 2.24) is 14.9 Å². The minimum absolute atomic E-state index is 0.0337. The molecule has 2 saturated heterocycles. The van der Waals surface area contributed by atoms with E-state index in [1.54, 1.807) is 6.92 Å². The highest BCUT2D eigenvalue weighted by Gasteiger charge is 2.30. The summed E-state index contributed by atoms with van der Waals surface area (Å²) in [4.78, 5) is 31.9. The largest absolute Gasteiger partial charge is 0.465 e. The van der Waals surface area contributed by atoms with E-state index in [2.05, 4.69) is 29.7 Å². The second-order valence-electron chi connectivity index (χ2n) is 9.29. The highest BCUT2D eigenvalue weighted by molar-refractivity contribution is 7.89. The quantitative estimate of drug-likeness (QED) is 0.188. The monoisotopic (exact) mass is 610 g/mol. The van der Waals surface area contributed by atoms with Gasteiger partial charge in [0.2, 0.25) is 15.9 Å². The van der Waals surface area contributed by atoms with Crippen LogP contribution in [0.3, 0.4) is 0 Å². The summed E-state index contributed by atoms with van der Waals surface area (Å²) in [6.45, 7) is 6.16. The Bertz CT molecular complexity index is 1170. The summed E-state index contributed by atoms with van der Waals surface area (Å²) in [6, 6.07) is 14.4. The molecule has 0 unspecified atom stereocenters. The van der Waals surface area contributed by atoms with Gasteiger partial charge in [-0.3, -0.25) is 14.9 Å². The lowest BCUT2D eigenvalue weighted by Crippen LogP contribution is -2.43. The molecule has 0 aliphatic carbocycles. The molecule has 1 atom stereocenters. The molecule has 2 aliphatic rings. The Balaban J connectivity index is 0.000000473. The molecule has 14 heteroatoms. The number of benzene rings is 2. The van der Waals surface area contributed by atoms with E-state index in [1.165, 1.54) is 18.4 Å². The summed E-state index contributed by atoms with van der Waals surface area (Å²) in [5.74, 6) is -0.153. The number of aliphatic hydroxyl groups excluding tert-OH is 1. The Morgan fingerprint density at radius 1 is 1.14 bits per heavy atom. The first-order valence-corrected chi connectivity index (χ1v) is 15.2. The van der Waals surface area contributed by atoms with Crippen molar-refractivity contribution < 1.29 is 37.9 Å². The summed E-state index contributed by atoms with van der Waals surface area (Å²) < 4.78 is 31.9. The molecular formula is C28H42N4O9S. The summed E-state index contributed by atoms with van der Waals surface area (Å²) >= 11 is 0. The van der Waals surface area contributed by atoms with Crippen LogP contribution >= 0.6 is 0 Å². The van der Waals surface area contributed by atoms with Gasteiger partial charge in [-0.05, 0) is 51.7 Å². The predicted octanol–water partition coefficient (Wildman–Crippen LogP) is 3.31. The first-order chi connectivity index (χ1) is 20.0. The van der Waals surface area contributed by atoms with Crippen molar-refractivity contribution in [3.63, 3.8) is 0 Å². The highest BCUT2D eigenvalue weighted by Crippen LogP contribution is 2.21. The minimum atomic E-state index is -3.96. The molecule has 4 rings (SSSR count). The van der Waals surface area contributed by atoms with E-state index >= 15 is 0 Å². The van der Waals surface area contributed by atoms with Gasteiger partial charge in [0.15, 0.2) is 0 Å². The normalized spacial score (nSPS) is 15.6. The molecule has 2 amide bonds. The third-order valence-corrected chi connectivity index (χ3v) is 7.70. The number of aliphatic hydroxyl groups is 1. The highest BCUT2D eigenvalue weighted by atomic mass is 32.2. The van der Waals surface area contributed by atoms with Gasteiger partial charge < -0.3 is 25.6 Å². The summed E-state index contributed by atoms with van der Waals surface area (Å²) in [7, 11) is -3.96. The van der Waals surface area contributed by atoms with E-state index < -0.39 is 21.0 Å². The van der Waals surface area contributed by atoms with Crippen LogP contribution in [0.1, 0.15) is 44.6 Å².